The lowest BCUT2D eigenvalue weighted by Crippen LogP contribution is -2.42. The zero-order chi connectivity index (χ0) is 25.5. The van der Waals surface area contributed by atoms with Crippen LogP contribution in [0, 0.1) is 0 Å². The second-order valence-corrected chi connectivity index (χ2v) is 9.27. The highest BCUT2D eigenvalue weighted by atomic mass is 16.5. The summed E-state index contributed by atoms with van der Waals surface area (Å²) in [5, 5.41) is 11.4. The number of ketones is 1. The number of benzene rings is 2. The standard InChI is InChI=1S/C29H36N2O5/c1-3-5-17-36-24-8-6-7-23(20-24)27(32)25-26(22-11-9-21(4-2)10-12-22)31(29(34)28(25)33)14-13-30-15-18-35-19-16-30/h6-12,20,26,32H,3-5,13-19H2,1-2H3. The number of hydrogen-bond acceptors (Lipinski definition) is 6. The summed E-state index contributed by atoms with van der Waals surface area (Å²) in [6.45, 7) is 8.71. The second-order valence-electron chi connectivity index (χ2n) is 9.27. The maximum atomic E-state index is 13.3. The lowest BCUT2D eigenvalue weighted by Gasteiger charge is -2.31. The van der Waals surface area contributed by atoms with Crippen LogP contribution < -0.4 is 4.74 Å². The van der Waals surface area contributed by atoms with Gasteiger partial charge < -0.3 is 19.5 Å². The SMILES string of the molecule is CCCCOc1cccc(C(O)=C2C(=O)C(=O)N(CCN3CCOCC3)C2c2ccc(CC)cc2)c1. The zero-order valence-corrected chi connectivity index (χ0v) is 21.2. The van der Waals surface area contributed by atoms with E-state index in [1.165, 1.54) is 5.56 Å². The molecule has 0 aromatic heterocycles. The number of ether oxygens (including phenoxy) is 2. The molecule has 1 N–H and O–H groups in total. The van der Waals surface area contributed by atoms with E-state index in [4.69, 9.17) is 9.47 Å². The Morgan fingerprint density at radius 1 is 1.06 bits per heavy atom. The summed E-state index contributed by atoms with van der Waals surface area (Å²) < 4.78 is 11.2. The van der Waals surface area contributed by atoms with E-state index >= 15 is 0 Å². The van der Waals surface area contributed by atoms with Crippen LogP contribution >= 0.6 is 0 Å². The van der Waals surface area contributed by atoms with Crippen molar-refractivity contribution in [1.29, 1.82) is 0 Å². The minimum atomic E-state index is -0.656. The van der Waals surface area contributed by atoms with Gasteiger partial charge in [0.2, 0.25) is 0 Å². The zero-order valence-electron chi connectivity index (χ0n) is 21.2. The molecule has 2 aliphatic heterocycles. The Kier molecular flexibility index (Phi) is 8.78. The predicted molar refractivity (Wildman–Crippen MR) is 139 cm³/mol. The minimum Gasteiger partial charge on any atom is -0.507 e. The number of rotatable bonds is 10. The van der Waals surface area contributed by atoms with Crippen LogP contribution in [0.3, 0.4) is 0 Å². The van der Waals surface area contributed by atoms with Crippen molar-refractivity contribution < 1.29 is 24.2 Å². The molecule has 1 atom stereocenters. The van der Waals surface area contributed by atoms with Gasteiger partial charge >= 0.3 is 0 Å². The van der Waals surface area contributed by atoms with Crippen molar-refractivity contribution in [3.05, 3.63) is 70.8 Å². The van der Waals surface area contributed by atoms with E-state index in [2.05, 4.69) is 18.7 Å². The molecule has 2 aliphatic rings. The Morgan fingerprint density at radius 2 is 1.81 bits per heavy atom. The van der Waals surface area contributed by atoms with Crippen molar-refractivity contribution in [3.63, 3.8) is 0 Å². The van der Waals surface area contributed by atoms with Crippen molar-refractivity contribution in [2.45, 2.75) is 39.2 Å². The third-order valence-corrected chi connectivity index (χ3v) is 6.88. The van der Waals surface area contributed by atoms with E-state index in [0.717, 1.165) is 37.9 Å². The third-order valence-electron chi connectivity index (χ3n) is 6.88. The fourth-order valence-electron chi connectivity index (χ4n) is 4.69. The number of unbranched alkanes of at least 4 members (excludes halogenated alkanes) is 1. The number of hydrogen-bond donors (Lipinski definition) is 1. The largest absolute Gasteiger partial charge is 0.507 e. The lowest BCUT2D eigenvalue weighted by atomic mass is 9.94. The molecule has 0 radical (unpaired) electrons. The first kappa shape index (κ1) is 25.9. The van der Waals surface area contributed by atoms with Crippen LogP contribution in [0.4, 0.5) is 0 Å². The highest BCUT2D eigenvalue weighted by molar-refractivity contribution is 6.46. The number of nitrogens with zero attached hydrogens (tertiary/aromatic N) is 2. The van der Waals surface area contributed by atoms with Crippen molar-refractivity contribution in [3.8, 4) is 5.75 Å². The average molecular weight is 493 g/mol. The van der Waals surface area contributed by atoms with Gasteiger partial charge in [-0.3, -0.25) is 14.5 Å². The van der Waals surface area contributed by atoms with Crippen LogP contribution in [0.2, 0.25) is 0 Å². The Hall–Kier alpha value is -3.16. The number of carbonyl (C=O) groups excluding carboxylic acids is 2. The maximum Gasteiger partial charge on any atom is 0.295 e. The quantitative estimate of drug-likeness (QED) is 0.232. The molecular formula is C29H36N2O5. The van der Waals surface area contributed by atoms with E-state index < -0.39 is 17.7 Å². The first-order chi connectivity index (χ1) is 17.5. The van der Waals surface area contributed by atoms with Crippen LogP contribution in [-0.4, -0.2) is 72.6 Å². The molecule has 2 aromatic carbocycles. The van der Waals surface area contributed by atoms with Gasteiger partial charge in [0.05, 0.1) is 31.4 Å². The van der Waals surface area contributed by atoms with E-state index in [1.54, 1.807) is 23.1 Å². The van der Waals surface area contributed by atoms with Gasteiger partial charge in [0.25, 0.3) is 11.7 Å². The van der Waals surface area contributed by atoms with Gasteiger partial charge in [0.15, 0.2) is 0 Å². The van der Waals surface area contributed by atoms with Crippen molar-refractivity contribution in [2.24, 2.45) is 0 Å². The van der Waals surface area contributed by atoms with Crippen LogP contribution in [-0.2, 0) is 20.7 Å². The van der Waals surface area contributed by atoms with Gasteiger partial charge in [-0.15, -0.1) is 0 Å². The van der Waals surface area contributed by atoms with Crippen molar-refractivity contribution in [2.75, 3.05) is 46.0 Å². The summed E-state index contributed by atoms with van der Waals surface area (Å²) in [5.41, 5.74) is 2.56. The predicted octanol–water partition coefficient (Wildman–Crippen LogP) is 4.18. The van der Waals surface area contributed by atoms with Crippen LogP contribution in [0.15, 0.2) is 54.1 Å². The second kappa shape index (κ2) is 12.2. The molecule has 1 amide bonds. The highest BCUT2D eigenvalue weighted by Gasteiger charge is 2.46. The normalized spacial score (nSPS) is 20.2. The van der Waals surface area contributed by atoms with Gasteiger partial charge in [-0.05, 0) is 36.1 Å². The number of aliphatic hydroxyl groups excluding tert-OH is 1. The van der Waals surface area contributed by atoms with Crippen molar-refractivity contribution >= 4 is 17.4 Å². The molecule has 0 aliphatic carbocycles. The Labute approximate surface area is 213 Å². The average Bonchev–Trinajstić information content (AvgIpc) is 3.17. The van der Waals surface area contributed by atoms with E-state index in [0.29, 0.717) is 44.2 Å². The molecule has 2 heterocycles. The van der Waals surface area contributed by atoms with Crippen LogP contribution in [0.1, 0.15) is 49.4 Å². The van der Waals surface area contributed by atoms with E-state index in [-0.39, 0.29) is 11.3 Å². The van der Waals surface area contributed by atoms with Gasteiger partial charge in [-0.25, -0.2) is 0 Å². The molecule has 2 aromatic rings. The summed E-state index contributed by atoms with van der Waals surface area (Å²) in [4.78, 5) is 30.4. The van der Waals surface area contributed by atoms with E-state index in [1.807, 2.05) is 30.3 Å². The third kappa shape index (κ3) is 5.79. The molecule has 0 saturated carbocycles. The lowest BCUT2D eigenvalue weighted by molar-refractivity contribution is -0.140. The van der Waals surface area contributed by atoms with E-state index in [9.17, 15) is 14.7 Å². The summed E-state index contributed by atoms with van der Waals surface area (Å²) in [7, 11) is 0. The monoisotopic (exact) mass is 492 g/mol. The summed E-state index contributed by atoms with van der Waals surface area (Å²) in [6, 6.07) is 14.4. The van der Waals surface area contributed by atoms with Gasteiger partial charge in [0, 0.05) is 31.7 Å². The molecule has 2 saturated heterocycles. The number of carbonyl (C=O) groups is 2. The number of likely N-dealkylation sites (tertiary alicyclic amines) is 1. The van der Waals surface area contributed by atoms with Crippen LogP contribution in [0.25, 0.3) is 5.76 Å². The van der Waals surface area contributed by atoms with Gasteiger partial charge in [0.1, 0.15) is 11.5 Å². The summed E-state index contributed by atoms with van der Waals surface area (Å²) >= 11 is 0. The molecule has 7 heteroatoms. The molecule has 2 fully saturated rings. The van der Waals surface area contributed by atoms with Gasteiger partial charge in [-0.1, -0.05) is 56.7 Å². The number of amides is 1. The summed E-state index contributed by atoms with van der Waals surface area (Å²) in [6.07, 6.45) is 2.84. The topological polar surface area (TPSA) is 79.3 Å². The first-order valence-corrected chi connectivity index (χ1v) is 12.9. The number of morpholine rings is 1. The number of Topliss-reactive ketones (excluding diaryl/α,β-unsaturated/α-hetero) is 1. The maximum absolute atomic E-state index is 13.3. The Bertz CT molecular complexity index is 1090. The molecule has 36 heavy (non-hydrogen) atoms. The molecule has 1 unspecified atom stereocenters. The van der Waals surface area contributed by atoms with Crippen molar-refractivity contribution in [1.82, 2.24) is 9.80 Å². The van der Waals surface area contributed by atoms with Crippen LogP contribution in [0.5, 0.6) is 5.75 Å². The molecular weight excluding hydrogens is 456 g/mol. The fraction of sp³-hybridized carbons (Fsp3) is 0.448. The first-order valence-electron chi connectivity index (χ1n) is 12.9. The highest BCUT2D eigenvalue weighted by Crippen LogP contribution is 2.39. The Morgan fingerprint density at radius 3 is 2.50 bits per heavy atom. The fourth-order valence-corrected chi connectivity index (χ4v) is 4.69. The molecule has 4 rings (SSSR count). The molecule has 7 nitrogen and oxygen atoms in total. The molecule has 0 spiro atoms. The minimum absolute atomic E-state index is 0.122. The number of aliphatic hydroxyl groups is 1. The smallest absolute Gasteiger partial charge is 0.295 e. The van der Waals surface area contributed by atoms with Gasteiger partial charge in [-0.2, -0.15) is 0 Å². The molecule has 0 bridgehead atoms. The Balaban J connectivity index is 1.69. The molecule has 192 valence electrons. The number of aryl methyl sites for hydroxylation is 1. The summed E-state index contributed by atoms with van der Waals surface area (Å²) in [5.74, 6) is -0.785.